The fourth-order valence-electron chi connectivity index (χ4n) is 3.33. The van der Waals surface area contributed by atoms with E-state index < -0.39 is 0 Å². The molecule has 0 unspecified atom stereocenters. The highest BCUT2D eigenvalue weighted by molar-refractivity contribution is 9.10. The maximum absolute atomic E-state index is 5.27. The van der Waals surface area contributed by atoms with Gasteiger partial charge in [-0.2, -0.15) is 5.10 Å². The van der Waals surface area contributed by atoms with Gasteiger partial charge in [-0.05, 0) is 59.1 Å². The highest BCUT2D eigenvalue weighted by atomic mass is 79.9. The summed E-state index contributed by atoms with van der Waals surface area (Å²) in [7, 11) is 1.67. The van der Waals surface area contributed by atoms with Crippen LogP contribution in [0.2, 0.25) is 0 Å². The summed E-state index contributed by atoms with van der Waals surface area (Å²) in [6.07, 6.45) is 1.93. The van der Waals surface area contributed by atoms with Gasteiger partial charge in [-0.15, -0.1) is 0 Å². The average molecular weight is 417 g/mol. The number of hydrazone groups is 1. The maximum atomic E-state index is 5.27. The first kappa shape index (κ1) is 18.9. The predicted molar refractivity (Wildman–Crippen MR) is 110 cm³/mol. The van der Waals surface area contributed by atoms with Gasteiger partial charge in [0.15, 0.2) is 0 Å². The SMILES string of the molecule is COc1ccc(/C=N/N2CC[NH+](Cc3ccc(C)cc3C)CC2)cc1Br. The summed E-state index contributed by atoms with van der Waals surface area (Å²) >= 11 is 3.52. The molecule has 0 bridgehead atoms. The summed E-state index contributed by atoms with van der Waals surface area (Å²) in [5.41, 5.74) is 5.28. The van der Waals surface area contributed by atoms with Gasteiger partial charge in [0, 0.05) is 5.56 Å². The van der Waals surface area contributed by atoms with Crippen LogP contribution in [0.15, 0.2) is 46.0 Å². The van der Waals surface area contributed by atoms with Crippen molar-refractivity contribution in [1.29, 1.82) is 0 Å². The fourth-order valence-corrected chi connectivity index (χ4v) is 3.89. The number of halogens is 1. The number of nitrogens with zero attached hydrogens (tertiary/aromatic N) is 2. The van der Waals surface area contributed by atoms with E-state index >= 15 is 0 Å². The second kappa shape index (κ2) is 8.69. The lowest BCUT2D eigenvalue weighted by Gasteiger charge is -2.30. The van der Waals surface area contributed by atoms with Crippen LogP contribution in [0.25, 0.3) is 0 Å². The number of benzene rings is 2. The van der Waals surface area contributed by atoms with Crippen LogP contribution in [0, 0.1) is 13.8 Å². The molecule has 0 aliphatic carbocycles. The van der Waals surface area contributed by atoms with Crippen molar-refractivity contribution in [3.8, 4) is 5.75 Å². The molecule has 1 N–H and O–H groups in total. The standard InChI is InChI=1S/C21H26BrN3O/c1-16-4-6-19(17(2)12-16)15-24-8-10-25(11-9-24)23-14-18-5-7-21(26-3)20(22)13-18/h4-7,12-14H,8-11,15H2,1-3H3/p+1/b23-14+. The Balaban J connectivity index is 1.52. The number of methoxy groups -OCH3 is 1. The van der Waals surface area contributed by atoms with Gasteiger partial charge in [0.05, 0.1) is 44.0 Å². The zero-order valence-electron chi connectivity index (χ0n) is 15.8. The number of hydrogen-bond acceptors (Lipinski definition) is 3. The van der Waals surface area contributed by atoms with Crippen molar-refractivity contribution in [3.63, 3.8) is 0 Å². The molecule has 0 amide bonds. The van der Waals surface area contributed by atoms with E-state index in [4.69, 9.17) is 4.74 Å². The van der Waals surface area contributed by atoms with Crippen molar-refractivity contribution in [2.75, 3.05) is 33.3 Å². The summed E-state index contributed by atoms with van der Waals surface area (Å²) in [4.78, 5) is 1.63. The Morgan fingerprint density at radius 2 is 1.92 bits per heavy atom. The molecule has 1 fully saturated rings. The third-order valence-electron chi connectivity index (χ3n) is 4.93. The summed E-state index contributed by atoms with van der Waals surface area (Å²) in [6.45, 7) is 9.71. The minimum atomic E-state index is 0.839. The summed E-state index contributed by atoms with van der Waals surface area (Å²) in [5.74, 6) is 0.839. The molecular formula is C21H27BrN3O+. The number of piperazine rings is 1. The normalized spacial score (nSPS) is 15.6. The number of nitrogens with one attached hydrogen (secondary N) is 1. The number of rotatable bonds is 5. The Bertz CT molecular complexity index is 783. The van der Waals surface area contributed by atoms with Crippen LogP contribution in [-0.2, 0) is 6.54 Å². The molecular weight excluding hydrogens is 390 g/mol. The predicted octanol–water partition coefficient (Wildman–Crippen LogP) is 2.81. The first-order valence-electron chi connectivity index (χ1n) is 9.07. The molecule has 0 spiro atoms. The van der Waals surface area contributed by atoms with Crippen LogP contribution < -0.4 is 9.64 Å². The fraction of sp³-hybridized carbons (Fsp3) is 0.381. The lowest BCUT2D eigenvalue weighted by atomic mass is 10.1. The van der Waals surface area contributed by atoms with Crippen LogP contribution in [0.1, 0.15) is 22.3 Å². The quantitative estimate of drug-likeness (QED) is 0.759. The zero-order chi connectivity index (χ0) is 18.5. The molecule has 138 valence electrons. The van der Waals surface area contributed by atoms with E-state index in [1.807, 2.05) is 24.4 Å². The van der Waals surface area contributed by atoms with Crippen LogP contribution >= 0.6 is 15.9 Å². The van der Waals surface area contributed by atoms with Gasteiger partial charge in [-0.1, -0.05) is 23.8 Å². The average Bonchev–Trinajstić information content (AvgIpc) is 2.63. The van der Waals surface area contributed by atoms with E-state index in [1.165, 1.54) is 16.7 Å². The molecule has 0 aromatic heterocycles. The van der Waals surface area contributed by atoms with E-state index in [9.17, 15) is 0 Å². The van der Waals surface area contributed by atoms with Gasteiger partial charge in [0.25, 0.3) is 0 Å². The van der Waals surface area contributed by atoms with E-state index in [0.29, 0.717) is 0 Å². The molecule has 0 radical (unpaired) electrons. The molecule has 4 nitrogen and oxygen atoms in total. The number of hydrogen-bond donors (Lipinski definition) is 1. The Morgan fingerprint density at radius 3 is 2.58 bits per heavy atom. The third kappa shape index (κ3) is 4.86. The lowest BCUT2D eigenvalue weighted by Crippen LogP contribution is -3.13. The number of ether oxygens (including phenoxy) is 1. The summed E-state index contributed by atoms with van der Waals surface area (Å²) < 4.78 is 6.22. The van der Waals surface area contributed by atoms with E-state index in [-0.39, 0.29) is 0 Å². The van der Waals surface area contributed by atoms with Crippen molar-refractivity contribution in [1.82, 2.24) is 5.01 Å². The van der Waals surface area contributed by atoms with Crippen LogP contribution in [0.4, 0.5) is 0 Å². The van der Waals surface area contributed by atoms with Crippen molar-refractivity contribution < 1.29 is 9.64 Å². The van der Waals surface area contributed by atoms with E-state index in [1.54, 1.807) is 12.0 Å². The topological polar surface area (TPSA) is 29.3 Å². The number of quaternary nitrogens is 1. The summed E-state index contributed by atoms with van der Waals surface area (Å²) in [6, 6.07) is 12.8. The molecule has 3 rings (SSSR count). The second-order valence-electron chi connectivity index (χ2n) is 6.95. The lowest BCUT2D eigenvalue weighted by molar-refractivity contribution is -0.918. The first-order chi connectivity index (χ1) is 12.5. The van der Waals surface area contributed by atoms with Gasteiger partial charge in [-0.3, -0.25) is 5.01 Å². The maximum Gasteiger partial charge on any atom is 0.133 e. The van der Waals surface area contributed by atoms with Gasteiger partial charge in [-0.25, -0.2) is 0 Å². The molecule has 5 heteroatoms. The Hall–Kier alpha value is -1.85. The smallest absolute Gasteiger partial charge is 0.133 e. The van der Waals surface area contributed by atoms with Gasteiger partial charge >= 0.3 is 0 Å². The van der Waals surface area contributed by atoms with Crippen molar-refractivity contribution in [3.05, 3.63) is 63.1 Å². The molecule has 1 aliphatic rings. The van der Waals surface area contributed by atoms with Crippen LogP contribution in [0.5, 0.6) is 5.75 Å². The Morgan fingerprint density at radius 1 is 1.15 bits per heavy atom. The van der Waals surface area contributed by atoms with E-state index in [0.717, 1.165) is 48.5 Å². The monoisotopic (exact) mass is 416 g/mol. The largest absolute Gasteiger partial charge is 0.496 e. The van der Waals surface area contributed by atoms with Gasteiger partial charge in [0.1, 0.15) is 12.3 Å². The molecule has 0 atom stereocenters. The van der Waals surface area contributed by atoms with Gasteiger partial charge in [0.2, 0.25) is 0 Å². The zero-order valence-corrected chi connectivity index (χ0v) is 17.3. The highest BCUT2D eigenvalue weighted by Crippen LogP contribution is 2.24. The van der Waals surface area contributed by atoms with Crippen molar-refractivity contribution >= 4 is 22.1 Å². The molecule has 2 aromatic rings. The molecule has 1 heterocycles. The number of aryl methyl sites for hydroxylation is 2. The third-order valence-corrected chi connectivity index (χ3v) is 5.55. The van der Waals surface area contributed by atoms with Crippen LogP contribution in [0.3, 0.4) is 0 Å². The molecule has 26 heavy (non-hydrogen) atoms. The van der Waals surface area contributed by atoms with Crippen molar-refractivity contribution in [2.45, 2.75) is 20.4 Å². The summed E-state index contributed by atoms with van der Waals surface area (Å²) in [5, 5.41) is 6.82. The molecule has 1 aliphatic heterocycles. The molecule has 2 aromatic carbocycles. The second-order valence-corrected chi connectivity index (χ2v) is 7.80. The molecule has 1 saturated heterocycles. The Labute approximate surface area is 164 Å². The van der Waals surface area contributed by atoms with Crippen molar-refractivity contribution in [2.24, 2.45) is 5.10 Å². The first-order valence-corrected chi connectivity index (χ1v) is 9.86. The van der Waals surface area contributed by atoms with Crippen LogP contribution in [-0.4, -0.2) is 44.5 Å². The van der Waals surface area contributed by atoms with Gasteiger partial charge < -0.3 is 9.64 Å². The minimum Gasteiger partial charge on any atom is -0.496 e. The minimum absolute atomic E-state index is 0.839. The van der Waals surface area contributed by atoms with E-state index in [2.05, 4.69) is 58.1 Å². The highest BCUT2D eigenvalue weighted by Gasteiger charge is 2.19. The molecule has 0 saturated carbocycles. The Kier molecular flexibility index (Phi) is 6.33.